The lowest BCUT2D eigenvalue weighted by Gasteiger charge is -2.13. The highest BCUT2D eigenvalue weighted by Crippen LogP contribution is 2.21. The van der Waals surface area contributed by atoms with Crippen molar-refractivity contribution in [3.63, 3.8) is 0 Å². The fourth-order valence-corrected chi connectivity index (χ4v) is 3.89. The molecule has 2 heterocycles. The van der Waals surface area contributed by atoms with Gasteiger partial charge in [-0.3, -0.25) is 19.1 Å². The summed E-state index contributed by atoms with van der Waals surface area (Å²) in [7, 11) is 0. The maximum absolute atomic E-state index is 13.2. The Hall–Kier alpha value is -3.78. The van der Waals surface area contributed by atoms with Gasteiger partial charge < -0.3 is 0 Å². The van der Waals surface area contributed by atoms with Crippen molar-refractivity contribution in [1.29, 1.82) is 0 Å². The molecule has 0 saturated carbocycles. The molecule has 8 heteroatoms. The highest BCUT2D eigenvalue weighted by molar-refractivity contribution is 7.99. The van der Waals surface area contributed by atoms with E-state index in [2.05, 4.69) is 20.5 Å². The minimum absolute atomic E-state index is 0.0560. The topological polar surface area (TPSA) is 89.2 Å². The Morgan fingerprint density at radius 2 is 1.88 bits per heavy atom. The number of benzene rings is 2. The zero-order chi connectivity index (χ0) is 22.5. The van der Waals surface area contributed by atoms with Crippen LogP contribution in [0.5, 0.6) is 0 Å². The van der Waals surface area contributed by atoms with Crippen molar-refractivity contribution >= 4 is 34.3 Å². The predicted octanol–water partition coefficient (Wildman–Crippen LogP) is 3.72. The van der Waals surface area contributed by atoms with Crippen molar-refractivity contribution in [2.24, 2.45) is 5.10 Å². The molecule has 0 atom stereocenters. The van der Waals surface area contributed by atoms with Crippen molar-refractivity contribution in [2.75, 3.05) is 5.75 Å². The summed E-state index contributed by atoms with van der Waals surface area (Å²) in [6.07, 6.45) is 3.36. The molecule has 0 spiro atoms. The van der Waals surface area contributed by atoms with Gasteiger partial charge in [0.05, 0.1) is 28.1 Å². The average Bonchev–Trinajstić information content (AvgIpc) is 2.82. The molecule has 1 amide bonds. The van der Waals surface area contributed by atoms with Crippen LogP contribution in [0.1, 0.15) is 18.1 Å². The number of aryl methyl sites for hydroxylation is 1. The molecule has 1 N–H and O–H groups in total. The van der Waals surface area contributed by atoms with Crippen LogP contribution < -0.4 is 11.0 Å². The Morgan fingerprint density at radius 3 is 2.62 bits per heavy atom. The van der Waals surface area contributed by atoms with Crippen LogP contribution in [-0.2, 0) is 4.79 Å². The highest BCUT2D eigenvalue weighted by atomic mass is 32.2. The summed E-state index contributed by atoms with van der Waals surface area (Å²) < 4.78 is 1.55. The van der Waals surface area contributed by atoms with E-state index in [4.69, 9.17) is 0 Å². The number of para-hydroxylation sites is 1. The second-order valence-corrected chi connectivity index (χ2v) is 8.09. The van der Waals surface area contributed by atoms with Gasteiger partial charge in [-0.25, -0.2) is 10.4 Å². The van der Waals surface area contributed by atoms with Crippen LogP contribution in [0.2, 0.25) is 0 Å². The maximum Gasteiger partial charge on any atom is 0.266 e. The number of carbonyl (C=O) groups excluding carboxylic acids is 1. The Bertz CT molecular complexity index is 1350. The summed E-state index contributed by atoms with van der Waals surface area (Å²) in [4.78, 5) is 34.4. The Labute approximate surface area is 189 Å². The standard InChI is InChI=1S/C24H21N5O2S/c1-16-9-11-19(12-10-16)29-23(31)20-7-3-4-8-21(20)26-24(29)32-15-22(30)28-27-17(2)18-6-5-13-25-14-18/h3-14H,15H2,1-2H3,(H,28,30)/b27-17+. The first-order valence-electron chi connectivity index (χ1n) is 9.98. The second kappa shape index (κ2) is 9.57. The van der Waals surface area contributed by atoms with Gasteiger partial charge in [0.15, 0.2) is 5.16 Å². The number of pyridine rings is 1. The summed E-state index contributed by atoms with van der Waals surface area (Å²) in [5.41, 5.74) is 6.24. The van der Waals surface area contributed by atoms with Crippen LogP contribution in [-0.4, -0.2) is 31.9 Å². The van der Waals surface area contributed by atoms with Crippen molar-refractivity contribution < 1.29 is 4.79 Å². The zero-order valence-corrected chi connectivity index (χ0v) is 18.5. The molecule has 0 fully saturated rings. The van der Waals surface area contributed by atoms with E-state index in [1.165, 1.54) is 11.8 Å². The van der Waals surface area contributed by atoms with Gasteiger partial charge in [-0.1, -0.05) is 47.7 Å². The minimum atomic E-state index is -0.295. The Morgan fingerprint density at radius 1 is 1.09 bits per heavy atom. The van der Waals surface area contributed by atoms with Gasteiger partial charge in [0, 0.05) is 18.0 Å². The van der Waals surface area contributed by atoms with Crippen LogP contribution in [0.15, 0.2) is 88.1 Å². The summed E-state index contributed by atoms with van der Waals surface area (Å²) in [6, 6.07) is 18.5. The van der Waals surface area contributed by atoms with Gasteiger partial charge in [0.2, 0.25) is 0 Å². The maximum atomic E-state index is 13.2. The first-order chi connectivity index (χ1) is 15.5. The smallest absolute Gasteiger partial charge is 0.266 e. The lowest BCUT2D eigenvalue weighted by molar-refractivity contribution is -0.118. The lowest BCUT2D eigenvalue weighted by Crippen LogP contribution is -2.24. The number of thioether (sulfide) groups is 1. The van der Waals surface area contributed by atoms with Gasteiger partial charge in [-0.05, 0) is 44.2 Å². The fourth-order valence-electron chi connectivity index (χ4n) is 3.08. The normalized spacial score (nSPS) is 11.5. The van der Waals surface area contributed by atoms with Crippen molar-refractivity contribution in [3.05, 3.63) is 94.5 Å². The molecule has 0 aliphatic rings. The van der Waals surface area contributed by atoms with Gasteiger partial charge >= 0.3 is 0 Å². The van der Waals surface area contributed by atoms with E-state index in [0.717, 1.165) is 11.1 Å². The first kappa shape index (κ1) is 21.5. The summed E-state index contributed by atoms with van der Waals surface area (Å²) in [5, 5.41) is 5.11. The van der Waals surface area contributed by atoms with Crippen molar-refractivity contribution in [2.45, 2.75) is 19.0 Å². The van der Waals surface area contributed by atoms with Crippen LogP contribution in [0.4, 0.5) is 0 Å². The molecule has 2 aromatic carbocycles. The molecule has 0 unspecified atom stereocenters. The van der Waals surface area contributed by atoms with E-state index in [0.29, 0.717) is 27.5 Å². The van der Waals surface area contributed by atoms with Crippen LogP contribution >= 0.6 is 11.8 Å². The van der Waals surface area contributed by atoms with Crippen LogP contribution in [0.3, 0.4) is 0 Å². The lowest BCUT2D eigenvalue weighted by atomic mass is 10.2. The third-order valence-electron chi connectivity index (χ3n) is 4.80. The summed E-state index contributed by atoms with van der Waals surface area (Å²) >= 11 is 1.19. The Balaban J connectivity index is 1.59. The summed E-state index contributed by atoms with van der Waals surface area (Å²) in [6.45, 7) is 3.78. The number of fused-ring (bicyclic) bond motifs is 1. The van der Waals surface area contributed by atoms with E-state index >= 15 is 0 Å². The number of nitrogens with one attached hydrogen (secondary N) is 1. The number of rotatable bonds is 6. The molecule has 0 aliphatic heterocycles. The number of hydrogen-bond acceptors (Lipinski definition) is 6. The van der Waals surface area contributed by atoms with Gasteiger partial charge in [0.1, 0.15) is 0 Å². The predicted molar refractivity (Wildman–Crippen MR) is 127 cm³/mol. The Kier molecular flexibility index (Phi) is 6.42. The van der Waals surface area contributed by atoms with E-state index < -0.39 is 0 Å². The number of nitrogens with zero attached hydrogens (tertiary/aromatic N) is 4. The molecule has 32 heavy (non-hydrogen) atoms. The molecule has 0 bridgehead atoms. The number of aromatic nitrogens is 3. The first-order valence-corrected chi connectivity index (χ1v) is 11.0. The van der Waals surface area contributed by atoms with E-state index in [-0.39, 0.29) is 17.2 Å². The summed E-state index contributed by atoms with van der Waals surface area (Å²) in [5.74, 6) is -0.239. The molecule has 4 aromatic rings. The minimum Gasteiger partial charge on any atom is -0.272 e. The molecule has 0 radical (unpaired) electrons. The van der Waals surface area contributed by atoms with Crippen molar-refractivity contribution in [1.82, 2.24) is 20.0 Å². The number of hydrogen-bond donors (Lipinski definition) is 1. The molecule has 7 nitrogen and oxygen atoms in total. The highest BCUT2D eigenvalue weighted by Gasteiger charge is 2.14. The molecular formula is C24H21N5O2S. The molecule has 4 rings (SSSR count). The molecule has 0 saturated heterocycles. The van der Waals surface area contributed by atoms with Gasteiger partial charge in [-0.2, -0.15) is 5.10 Å². The molecule has 160 valence electrons. The zero-order valence-electron chi connectivity index (χ0n) is 17.6. The van der Waals surface area contributed by atoms with E-state index in [1.807, 2.05) is 55.5 Å². The van der Waals surface area contributed by atoms with Crippen molar-refractivity contribution in [3.8, 4) is 5.69 Å². The van der Waals surface area contributed by atoms with Crippen LogP contribution in [0.25, 0.3) is 16.6 Å². The van der Waals surface area contributed by atoms with E-state index in [1.54, 1.807) is 36.0 Å². The monoisotopic (exact) mass is 443 g/mol. The quantitative estimate of drug-likeness (QED) is 0.212. The van der Waals surface area contributed by atoms with Gasteiger partial charge in [-0.15, -0.1) is 0 Å². The third kappa shape index (κ3) is 4.76. The fraction of sp³-hybridized carbons (Fsp3) is 0.125. The third-order valence-corrected chi connectivity index (χ3v) is 5.74. The van der Waals surface area contributed by atoms with Crippen LogP contribution in [0, 0.1) is 6.92 Å². The SMILES string of the molecule is C/C(=N\NC(=O)CSc1nc2ccccc2c(=O)n1-c1ccc(C)cc1)c1cccnc1. The second-order valence-electron chi connectivity index (χ2n) is 7.15. The molecular weight excluding hydrogens is 422 g/mol. The number of amides is 1. The largest absolute Gasteiger partial charge is 0.272 e. The average molecular weight is 444 g/mol. The molecule has 0 aliphatic carbocycles. The molecule has 2 aromatic heterocycles. The van der Waals surface area contributed by atoms with E-state index in [9.17, 15) is 9.59 Å². The number of hydrazone groups is 1. The van der Waals surface area contributed by atoms with Gasteiger partial charge in [0.25, 0.3) is 11.5 Å². The number of carbonyl (C=O) groups is 1.